The van der Waals surface area contributed by atoms with Gasteiger partial charge in [-0.3, -0.25) is 28.4 Å². The van der Waals surface area contributed by atoms with Crippen molar-refractivity contribution in [3.63, 3.8) is 0 Å². The van der Waals surface area contributed by atoms with Crippen molar-refractivity contribution in [2.75, 3.05) is 24.6 Å². The third-order valence-corrected chi connectivity index (χ3v) is 14.0. The van der Waals surface area contributed by atoms with E-state index in [2.05, 4.69) is 30.8 Å². The molecule has 1 aromatic rings. The zero-order valence-electron chi connectivity index (χ0n) is 27.4. The van der Waals surface area contributed by atoms with Crippen LogP contribution in [-0.4, -0.2) is 106 Å². The number of amides is 3. The van der Waals surface area contributed by atoms with Crippen molar-refractivity contribution in [1.82, 2.24) is 31.0 Å². The predicted octanol–water partition coefficient (Wildman–Crippen LogP) is -0.214. The quantitative estimate of drug-likeness (QED) is 0.0352. The van der Waals surface area contributed by atoms with Crippen molar-refractivity contribution in [3.8, 4) is 0 Å². The third kappa shape index (κ3) is 12.0. The van der Waals surface area contributed by atoms with E-state index in [1.165, 1.54) is 13.0 Å². The molecule has 3 unspecified atom stereocenters. The highest BCUT2D eigenvalue weighted by Crippen LogP contribution is 2.61. The molecule has 0 bridgehead atoms. The second kappa shape index (κ2) is 17.9. The van der Waals surface area contributed by atoms with Gasteiger partial charge in [-0.05, 0) is 45.1 Å². The molecule has 22 nitrogen and oxygen atoms in total. The van der Waals surface area contributed by atoms with Gasteiger partial charge in [0.2, 0.25) is 5.91 Å². The molecule has 0 aromatic carbocycles. The number of ether oxygens (including phenoxy) is 1. The highest BCUT2D eigenvalue weighted by molar-refractivity contribution is 8.00. The Bertz CT molecular complexity index is 1590. The Balaban J connectivity index is 1.31. The van der Waals surface area contributed by atoms with E-state index in [0.717, 1.165) is 29.4 Å². The van der Waals surface area contributed by atoms with E-state index in [4.69, 9.17) is 29.3 Å². The molecule has 3 fully saturated rings. The number of fused-ring (bicyclic) bond motifs is 1. The van der Waals surface area contributed by atoms with E-state index in [1.54, 1.807) is 11.8 Å². The lowest BCUT2D eigenvalue weighted by Crippen LogP contribution is -2.39. The Kier molecular flexibility index (Phi) is 14.7. The van der Waals surface area contributed by atoms with Gasteiger partial charge >= 0.3 is 35.0 Å². The maximum absolute atomic E-state index is 13.7. The number of nitrogens with one attached hydrogen (secondary N) is 4. The first-order valence-corrected chi connectivity index (χ1v) is 21.7. The number of aliphatic hydroxyl groups is 1. The van der Waals surface area contributed by atoms with Crippen molar-refractivity contribution in [1.29, 1.82) is 0 Å². The number of anilines is 1. The third-order valence-electron chi connectivity index (χ3n) is 8.36. The molecule has 3 aliphatic rings. The number of carbonyl (C=O) groups excluding carboxylic acids is 2. The first-order chi connectivity index (χ1) is 23.9. The Morgan fingerprint density at radius 3 is 2.57 bits per heavy atom. The summed E-state index contributed by atoms with van der Waals surface area (Å²) in [5.74, 6) is 0.430. The van der Waals surface area contributed by atoms with Gasteiger partial charge in [-0.2, -0.15) is 21.1 Å². The second-order valence-corrected chi connectivity index (χ2v) is 18.3. The van der Waals surface area contributed by atoms with E-state index in [9.17, 15) is 43.0 Å². The number of rotatable bonds is 20. The average molecular weight is 808 g/mol. The summed E-state index contributed by atoms with van der Waals surface area (Å²) in [5.41, 5.74) is 8.66. The van der Waals surface area contributed by atoms with Gasteiger partial charge in [0.1, 0.15) is 18.0 Å². The zero-order chi connectivity index (χ0) is 37.6. The number of carbonyl (C=O) groups is 2. The van der Waals surface area contributed by atoms with Gasteiger partial charge in [-0.15, -0.1) is 0 Å². The van der Waals surface area contributed by atoms with E-state index >= 15 is 0 Å². The molecule has 290 valence electrons. The largest absolute Gasteiger partial charge is 0.481 e. The minimum Gasteiger partial charge on any atom is -0.396 e. The minimum atomic E-state index is -5.55. The molecule has 1 aromatic heterocycles. The molecule has 4 heterocycles. The minimum absolute atomic E-state index is 0.0215. The first-order valence-electron chi connectivity index (χ1n) is 16.0. The number of aromatic nitrogens is 2. The van der Waals surface area contributed by atoms with E-state index in [0.29, 0.717) is 11.7 Å². The summed E-state index contributed by atoms with van der Waals surface area (Å²) < 4.78 is 58.3. The molecule has 10 atom stereocenters. The van der Waals surface area contributed by atoms with Crippen LogP contribution in [0.3, 0.4) is 0 Å². The van der Waals surface area contributed by atoms with Crippen LogP contribution in [-0.2, 0) is 36.6 Å². The standard InChI is InChI=1S/C25H44N7O15P3S/c1-14-21(46-50(42,43)47-49(39,40)41)22(23(44-14)32-11-8-18(26)29-25(32)36)45-48(37,38)15(9-12-33)5-4-10-27-31-19(34)7-3-2-6-17-20-16(13-51-17)28-24(35)30-20/h8,11,14-17,20-23,27,33H,2-7,9-10,12-13H2,1H3,(H,31,34)(H,37,38)(H,42,43)(H2,26,29,36)(H2,28,30,35)(H2,39,40,41)/t14-,15?,16+,17+,20+,21-,22-,23-/m1/s1. The molecule has 0 spiro atoms. The normalized spacial score (nSPS) is 29.1. The Labute approximate surface area is 296 Å². The molecule has 26 heteroatoms. The second-order valence-electron chi connectivity index (χ2n) is 12.2. The number of hydrogen-bond donors (Lipinski definition) is 10. The summed E-state index contributed by atoms with van der Waals surface area (Å²) in [7, 11) is -15.9. The smallest absolute Gasteiger partial charge is 0.396 e. The molecule has 4 rings (SSSR count). The lowest BCUT2D eigenvalue weighted by atomic mass is 10.0. The molecule has 3 saturated heterocycles. The van der Waals surface area contributed by atoms with Crippen molar-refractivity contribution >= 4 is 52.8 Å². The molecule has 0 radical (unpaired) electrons. The molecule has 11 N–H and O–H groups in total. The summed E-state index contributed by atoms with van der Waals surface area (Å²) in [5, 5.41) is 15.8. The highest BCUT2D eigenvalue weighted by atomic mass is 32.2. The fourth-order valence-corrected chi connectivity index (χ4v) is 11.1. The highest BCUT2D eigenvalue weighted by Gasteiger charge is 2.53. The van der Waals surface area contributed by atoms with E-state index in [-0.39, 0.29) is 62.1 Å². The fourth-order valence-electron chi connectivity index (χ4n) is 6.02. The molecule has 51 heavy (non-hydrogen) atoms. The summed E-state index contributed by atoms with van der Waals surface area (Å²) in [6, 6.07) is 1.28. The summed E-state index contributed by atoms with van der Waals surface area (Å²) in [6.45, 7) is 0.913. The lowest BCUT2D eigenvalue weighted by Gasteiger charge is -2.30. The van der Waals surface area contributed by atoms with Crippen molar-refractivity contribution in [2.45, 2.75) is 99.4 Å². The number of phosphoric ester groups is 1. The predicted molar refractivity (Wildman–Crippen MR) is 180 cm³/mol. The molecular formula is C25H44N7O15P3S. The number of nitrogens with two attached hydrogens (primary N) is 1. The molecule has 3 aliphatic heterocycles. The van der Waals surface area contributed by atoms with E-state index < -0.39 is 65.7 Å². The number of phosphoric acid groups is 2. The van der Waals surface area contributed by atoms with Gasteiger partial charge < -0.3 is 45.8 Å². The van der Waals surface area contributed by atoms with Gasteiger partial charge in [0.25, 0.3) is 0 Å². The van der Waals surface area contributed by atoms with E-state index in [1.807, 2.05) is 0 Å². The number of hydrogen-bond acceptors (Lipinski definition) is 15. The maximum Gasteiger partial charge on any atom is 0.481 e. The number of unbranched alkanes of at least 4 members (excludes halogenated alkanes) is 1. The van der Waals surface area contributed by atoms with Crippen LogP contribution in [0, 0.1) is 0 Å². The van der Waals surface area contributed by atoms with Crippen LogP contribution >= 0.6 is 35.0 Å². The summed E-state index contributed by atoms with van der Waals surface area (Å²) >= 11 is 1.80. The van der Waals surface area contributed by atoms with Crippen molar-refractivity contribution < 1.29 is 66.1 Å². The van der Waals surface area contributed by atoms with Crippen LogP contribution in [0.15, 0.2) is 17.1 Å². The number of hydrazine groups is 1. The Morgan fingerprint density at radius 2 is 1.88 bits per heavy atom. The number of thioether (sulfide) groups is 1. The SMILES string of the molecule is C[C@H]1O[C@@H](n2ccc(N)nc2=O)[C@H](OP(=O)(O)C(CCO)CCCNNC(=O)CCCC[C@@H]2SC[C@@H]3NC(=O)N[C@@H]32)[C@@H]1OP(=O)(O)OP(=O)(O)O. The van der Waals surface area contributed by atoms with Crippen molar-refractivity contribution in [2.24, 2.45) is 0 Å². The van der Waals surface area contributed by atoms with Gasteiger partial charge in [0.05, 0.1) is 23.8 Å². The average Bonchev–Trinajstić information content (AvgIpc) is 3.65. The van der Waals surface area contributed by atoms with Gasteiger partial charge in [-0.25, -0.2) is 24.1 Å². The van der Waals surface area contributed by atoms with Gasteiger partial charge in [0, 0.05) is 36.8 Å². The molecular weight excluding hydrogens is 763 g/mol. The molecule has 3 amide bonds. The van der Waals surface area contributed by atoms with Crippen LogP contribution in [0.2, 0.25) is 0 Å². The fraction of sp³-hybridized carbons (Fsp3) is 0.760. The number of urea groups is 1. The number of nitrogen functional groups attached to an aromatic ring is 1. The number of nitrogens with zero attached hydrogens (tertiary/aromatic N) is 2. The van der Waals surface area contributed by atoms with Crippen LogP contribution in [0.1, 0.15) is 58.1 Å². The van der Waals surface area contributed by atoms with Crippen LogP contribution in [0.5, 0.6) is 0 Å². The van der Waals surface area contributed by atoms with Gasteiger partial charge in [-0.1, -0.05) is 6.42 Å². The summed E-state index contributed by atoms with van der Waals surface area (Å²) in [6.07, 6.45) is -2.89. The topological polar surface area (TPSA) is 332 Å². The monoisotopic (exact) mass is 807 g/mol. The van der Waals surface area contributed by atoms with Crippen LogP contribution in [0.25, 0.3) is 0 Å². The number of aliphatic hydroxyl groups excluding tert-OH is 1. The lowest BCUT2D eigenvalue weighted by molar-refractivity contribution is -0.122. The maximum atomic E-state index is 13.7. The van der Waals surface area contributed by atoms with Crippen molar-refractivity contribution in [3.05, 3.63) is 22.7 Å². The molecule has 0 aliphatic carbocycles. The Hall–Kier alpha value is -1.94. The Morgan fingerprint density at radius 1 is 1.14 bits per heavy atom. The van der Waals surface area contributed by atoms with Gasteiger partial charge in [0.15, 0.2) is 6.23 Å². The zero-order valence-corrected chi connectivity index (χ0v) is 30.9. The van der Waals surface area contributed by atoms with Crippen LogP contribution < -0.4 is 32.9 Å². The first kappa shape index (κ1) is 41.8. The summed E-state index contributed by atoms with van der Waals surface area (Å²) in [4.78, 5) is 79.3. The van der Waals surface area contributed by atoms with Crippen LogP contribution in [0.4, 0.5) is 10.6 Å². The molecule has 0 saturated carbocycles.